The minimum atomic E-state index is -2.19. The van der Waals surface area contributed by atoms with Crippen LogP contribution in [-0.2, 0) is 109 Å². The molecule has 9 aliphatic heterocycles. The maximum absolute atomic E-state index is 16.7. The van der Waals surface area contributed by atoms with Crippen molar-refractivity contribution in [3.05, 3.63) is 60.3 Å². The SMILES string of the molecule is C=C[C@](C)(CC/C=C(\C)C(=O)O[C@H]1[C@H](O)[C@@H](O)[C@H](O[C@](C)(C=C)CC/C=C(\C)C(=O)O[C@H]2C[C@@]3(C(=O)O[C@H]4O[C@@H](CO)[C@H](O)[C@@H](O)[C@@H]4O[C@H]4O[C@H](C)[C@H](O)[C@@H](O[C@@H]5OC[C@@H](O)[C@H](O)[C@H]5O)[C@@H]4O)C(CC2(C)C)C2=CCC4[C@@]5(C)CC[C@H](O[C@@H]6O[C@H](CO[C@@H]7O[C@H](C)[C@H](O)[C@H](O)[C@H]7O[C@@H]7OC[C@@H](O)[C@H](O)[C@H]7O)[C@@H](O)[C@H](O)[C@H]6O[C@@H]6O[C@H](CO)[C@@H](O)[C@H](O)[C@H]6O)C(C)(C)C5CC[C@@]4(C)[C@]2(C)C[C@H]3O)O[C@@H]1C)O[C@@H]1O[C@H](C)[C@@H](O)[C@H](O)[C@H]1O. The van der Waals surface area contributed by atoms with Crippen LogP contribution in [0.3, 0.4) is 0 Å². The number of hydrogen-bond acceptors (Lipinski definition) is 48. The predicted molar refractivity (Wildman–Crippen MR) is 506 cm³/mol. The van der Waals surface area contributed by atoms with E-state index in [1.54, 1.807) is 26.0 Å². The van der Waals surface area contributed by atoms with Crippen LogP contribution in [0.2, 0.25) is 0 Å². The minimum Gasteiger partial charge on any atom is -0.458 e. The lowest BCUT2D eigenvalue weighted by Crippen LogP contribution is -2.70. The Bertz CT molecular complexity index is 4640. The maximum atomic E-state index is 16.7. The van der Waals surface area contributed by atoms with Crippen molar-refractivity contribution >= 4 is 17.9 Å². The Morgan fingerprint density at radius 3 is 1.41 bits per heavy atom. The first-order valence-electron chi connectivity index (χ1n) is 52.1. The number of esters is 3. The summed E-state index contributed by atoms with van der Waals surface area (Å²) in [6.07, 6.45) is -67.6. The van der Waals surface area contributed by atoms with Crippen molar-refractivity contribution in [2.24, 2.45) is 50.2 Å². The molecule has 0 aromatic heterocycles. The molecular formula is C102H162O48. The van der Waals surface area contributed by atoms with E-state index in [0.29, 0.717) is 25.7 Å². The number of aliphatic hydroxyl groups excluding tert-OH is 25. The van der Waals surface area contributed by atoms with E-state index in [0.717, 1.165) is 5.57 Å². The summed E-state index contributed by atoms with van der Waals surface area (Å²) in [7, 11) is 0. The Labute approximate surface area is 869 Å². The molecule has 0 aromatic rings. The summed E-state index contributed by atoms with van der Waals surface area (Å²) in [4.78, 5) is 45.4. The zero-order valence-electron chi connectivity index (χ0n) is 87.2. The van der Waals surface area contributed by atoms with Gasteiger partial charge in [0.1, 0.15) is 182 Å². The van der Waals surface area contributed by atoms with E-state index < -0.39 is 389 Å². The zero-order valence-corrected chi connectivity index (χ0v) is 87.2. The van der Waals surface area contributed by atoms with Gasteiger partial charge < -0.3 is 222 Å². The predicted octanol–water partition coefficient (Wildman–Crippen LogP) is -5.16. The molecule has 5 aliphatic carbocycles. The average Bonchev–Trinajstić information content (AvgIpc) is 0.666. The number of carbonyl (C=O) groups is 3. The summed E-state index contributed by atoms with van der Waals surface area (Å²) in [5, 5.41) is 280. The summed E-state index contributed by atoms with van der Waals surface area (Å²) in [5.41, 5.74) is -8.20. The molecule has 55 atom stereocenters. The lowest BCUT2D eigenvalue weighted by Gasteiger charge is -2.72. The van der Waals surface area contributed by atoms with Crippen LogP contribution >= 0.6 is 0 Å². The van der Waals surface area contributed by atoms with Gasteiger partial charge >= 0.3 is 17.9 Å². The third-order valence-corrected chi connectivity index (χ3v) is 35.6. The van der Waals surface area contributed by atoms with Gasteiger partial charge in [-0.3, -0.25) is 4.79 Å². The fourth-order valence-electron chi connectivity index (χ4n) is 25.5. The molecule has 13 fully saturated rings. The van der Waals surface area contributed by atoms with E-state index in [1.165, 1.54) is 53.7 Å². The molecule has 150 heavy (non-hydrogen) atoms. The van der Waals surface area contributed by atoms with Crippen LogP contribution in [0.4, 0.5) is 0 Å². The van der Waals surface area contributed by atoms with Gasteiger partial charge in [0.05, 0.1) is 80.9 Å². The summed E-state index contributed by atoms with van der Waals surface area (Å²) in [6, 6.07) is 0. The first-order valence-corrected chi connectivity index (χ1v) is 52.1. The highest BCUT2D eigenvalue weighted by Gasteiger charge is 2.75. The molecule has 48 nitrogen and oxygen atoms in total. The Kier molecular flexibility index (Phi) is 38.2. The van der Waals surface area contributed by atoms with Crippen LogP contribution < -0.4 is 0 Å². The molecule has 9 heterocycles. The fraction of sp³-hybridized carbons (Fsp3) is 0.873. The summed E-state index contributed by atoms with van der Waals surface area (Å²) in [5.74, 6) is -4.43. The van der Waals surface area contributed by atoms with Crippen LogP contribution in [0.25, 0.3) is 0 Å². The van der Waals surface area contributed by atoms with Gasteiger partial charge in [0.25, 0.3) is 0 Å². The third-order valence-electron chi connectivity index (χ3n) is 35.6. The second kappa shape index (κ2) is 47.4. The van der Waals surface area contributed by atoms with Crippen LogP contribution in [0, 0.1) is 50.2 Å². The number of fused-ring (bicyclic) bond motifs is 7. The molecule has 3 unspecified atom stereocenters. The Morgan fingerprint density at radius 2 is 0.847 bits per heavy atom. The highest BCUT2D eigenvalue weighted by Crippen LogP contribution is 2.77. The Balaban J connectivity index is 0.714. The number of carbonyl (C=O) groups excluding carboxylic acids is 3. The van der Waals surface area contributed by atoms with E-state index >= 15 is 9.59 Å². The number of aliphatic hydroxyl groups is 25. The molecule has 0 aromatic carbocycles. The molecular weight excluding hydrogens is 1990 g/mol. The van der Waals surface area contributed by atoms with E-state index in [1.807, 2.05) is 27.7 Å². The highest BCUT2D eigenvalue weighted by molar-refractivity contribution is 5.88. The monoisotopic (exact) mass is 2160 g/mol. The summed E-state index contributed by atoms with van der Waals surface area (Å²) in [6.45, 7) is 30.3. The van der Waals surface area contributed by atoms with Gasteiger partial charge in [0.2, 0.25) is 6.29 Å². The Morgan fingerprint density at radius 1 is 0.413 bits per heavy atom. The minimum absolute atomic E-state index is 0.00680. The average molecular weight is 2160 g/mol. The standard InChI is InChI=1S/C102H162O48/c1-18-97(13,149-89-75(125)66(116)58(108)42(5)135-89)29-21-23-41(4)84(129)143-78-45(8)137-90(76(126)71(78)121)150-98(14,19-2)28-20-22-40(3)83(128)141-57-34-102(94(130)148-93-82(69(119)64(114)51(36-104)139-93)147-88-77(127)79(60(110)44(7)134-88)144-85-72(122)61(111)48(105)37-131-85)47(32-95(57,9)10)46-24-25-54-99(15)30-27-56(96(11,12)53(99)26-31-100(54,16)101(46,17)33-55(102)107)142-92-81(146-87-74(124)67(117)63(113)50(35-103)138-87)70(120)65(115)52(140-92)39-133-91-80(68(118)59(109)43(6)136-91)145-86-73(123)62(112)49(106)38-132-86/h18-19,22-24,42-45,47-82,85-93,103-127H,1-2,20-21,25-39H2,3-17H3/b40-22+,41-23+/t42-,43-,44-,45-,47?,48-,49-,50-,51+,52-,53?,54?,55-,56+,57+,58-,59+,60+,61+,62+,63-,64+,65-,66+,67+,68+,69-,70+,71-,72-,73-,74-,75-,76-,77+,78-,79-,80-,81-,82+,85+,86+,87+,88-,89+,90+,91-,92+,93-,97-,98-,99+,100-,101-,102-/m1/s1. The van der Waals surface area contributed by atoms with Crippen molar-refractivity contribution in [2.75, 3.05) is 33.0 Å². The molecule has 858 valence electrons. The molecule has 0 amide bonds. The van der Waals surface area contributed by atoms with Gasteiger partial charge in [-0.25, -0.2) is 9.59 Å². The van der Waals surface area contributed by atoms with Crippen LogP contribution in [0.1, 0.15) is 181 Å². The van der Waals surface area contributed by atoms with Crippen molar-refractivity contribution in [3.63, 3.8) is 0 Å². The van der Waals surface area contributed by atoms with Crippen molar-refractivity contribution in [1.82, 2.24) is 0 Å². The van der Waals surface area contributed by atoms with E-state index in [9.17, 15) is 132 Å². The smallest absolute Gasteiger partial charge is 0.333 e. The van der Waals surface area contributed by atoms with E-state index in [-0.39, 0.29) is 67.9 Å². The molecule has 25 N–H and O–H groups in total. The van der Waals surface area contributed by atoms with Gasteiger partial charge in [0.15, 0.2) is 62.5 Å². The molecule has 9 saturated heterocycles. The van der Waals surface area contributed by atoms with Crippen molar-refractivity contribution in [1.29, 1.82) is 0 Å². The molecule has 48 heteroatoms. The number of allylic oxidation sites excluding steroid dienone is 4. The van der Waals surface area contributed by atoms with Crippen molar-refractivity contribution in [3.8, 4) is 0 Å². The van der Waals surface area contributed by atoms with Crippen molar-refractivity contribution < 1.29 is 237 Å². The van der Waals surface area contributed by atoms with Crippen LogP contribution in [-0.4, -0.2) is 472 Å². The van der Waals surface area contributed by atoms with Gasteiger partial charge in [-0.05, 0) is 165 Å². The van der Waals surface area contributed by atoms with Gasteiger partial charge in [-0.2, -0.15) is 0 Å². The van der Waals surface area contributed by atoms with Gasteiger partial charge in [-0.1, -0.05) is 84.4 Å². The molecule has 0 spiro atoms. The Hall–Kier alpha value is -4.57. The van der Waals surface area contributed by atoms with Crippen molar-refractivity contribution in [2.45, 2.75) is 475 Å². The normalized spacial score (nSPS) is 49.7. The molecule has 14 aliphatic rings. The molecule has 14 rings (SSSR count). The van der Waals surface area contributed by atoms with Crippen LogP contribution in [0.15, 0.2) is 60.3 Å². The summed E-state index contributed by atoms with van der Waals surface area (Å²) >= 11 is 0. The summed E-state index contributed by atoms with van der Waals surface area (Å²) < 4.78 is 122. The largest absolute Gasteiger partial charge is 0.458 e. The molecule has 0 bridgehead atoms. The first-order chi connectivity index (χ1) is 70.2. The van der Waals surface area contributed by atoms with E-state index in [2.05, 4.69) is 40.0 Å². The second-order valence-electron chi connectivity index (χ2n) is 46.2. The third kappa shape index (κ3) is 23.3. The number of hydrogen-bond donors (Lipinski definition) is 25. The van der Waals surface area contributed by atoms with Gasteiger partial charge in [0, 0.05) is 23.0 Å². The maximum Gasteiger partial charge on any atom is 0.333 e. The molecule has 4 saturated carbocycles. The zero-order chi connectivity index (χ0) is 110. The number of ether oxygens (including phenoxy) is 20. The van der Waals surface area contributed by atoms with Gasteiger partial charge in [-0.15, -0.1) is 13.2 Å². The quantitative estimate of drug-likeness (QED) is 0.00960. The lowest BCUT2D eigenvalue weighted by atomic mass is 9.33. The van der Waals surface area contributed by atoms with E-state index in [4.69, 9.17) is 94.7 Å². The number of rotatable bonds is 33. The highest BCUT2D eigenvalue weighted by atomic mass is 16.8. The second-order valence-corrected chi connectivity index (χ2v) is 46.2. The fourth-order valence-corrected chi connectivity index (χ4v) is 25.5. The van der Waals surface area contributed by atoms with Crippen LogP contribution in [0.5, 0.6) is 0 Å². The first kappa shape index (κ1) is 121. The lowest BCUT2D eigenvalue weighted by molar-refractivity contribution is -0.385. The topological polar surface area (TPSA) is 742 Å². The molecule has 0 radical (unpaired) electrons.